The van der Waals surface area contributed by atoms with E-state index < -0.39 is 17.2 Å². The number of carbonyl (C=O) groups is 1. The van der Waals surface area contributed by atoms with Gasteiger partial charge in [-0.15, -0.1) is 0 Å². The van der Waals surface area contributed by atoms with Crippen molar-refractivity contribution < 1.29 is 18.1 Å². The highest BCUT2D eigenvalue weighted by Gasteiger charge is 2.13. The third-order valence-electron chi connectivity index (χ3n) is 0.911. The minimum Gasteiger partial charge on any atom is -0.339 e. The normalized spacial score (nSPS) is 12.5. The number of hydrogen-bond acceptors (Lipinski definition) is 5. The summed E-state index contributed by atoms with van der Waals surface area (Å²) in [5.41, 5.74) is 0. The molecule has 0 fully saturated rings. The van der Waals surface area contributed by atoms with E-state index in [1.165, 1.54) is 6.92 Å². The molecule has 0 aliphatic heterocycles. The highest BCUT2D eigenvalue weighted by atomic mass is 32.2. The van der Waals surface area contributed by atoms with Crippen LogP contribution >= 0.6 is 0 Å². The Morgan fingerprint density at radius 2 is 2.42 bits per heavy atom. The van der Waals surface area contributed by atoms with Gasteiger partial charge in [0, 0.05) is 6.92 Å². The first kappa shape index (κ1) is 8.81. The fraction of sp³-hybridized carbons (Fsp3) is 0.250. The molecule has 1 aromatic heterocycles. The molecular weight excluding hydrogens is 186 g/mol. The van der Waals surface area contributed by atoms with Crippen molar-refractivity contribution in [3.05, 3.63) is 11.7 Å². The topological polar surface area (TPSA) is 105 Å². The third kappa shape index (κ3) is 2.10. The molecule has 1 amide bonds. The Hall–Kier alpha value is -1.28. The summed E-state index contributed by atoms with van der Waals surface area (Å²) in [5.74, 6) is -0.911. The molecular formula is C4H5N3O4S. The molecule has 1 unspecified atom stereocenters. The zero-order valence-electron chi connectivity index (χ0n) is 5.97. The van der Waals surface area contributed by atoms with Crippen LogP contribution < -0.4 is 4.72 Å². The molecule has 0 radical (unpaired) electrons. The van der Waals surface area contributed by atoms with Gasteiger partial charge in [-0.25, -0.2) is 8.93 Å². The first-order chi connectivity index (χ1) is 5.59. The maximum Gasteiger partial charge on any atom is 0.306 e. The number of aromatic nitrogens is 2. The van der Waals surface area contributed by atoms with E-state index in [0.717, 1.165) is 0 Å². The lowest BCUT2D eigenvalue weighted by molar-refractivity contribution is 0.0968. The fourth-order valence-electron chi connectivity index (χ4n) is 0.516. The predicted molar refractivity (Wildman–Crippen MR) is 37.3 cm³/mol. The maximum absolute atomic E-state index is 10.8. The van der Waals surface area contributed by atoms with Crippen LogP contribution in [0.15, 0.2) is 4.52 Å². The van der Waals surface area contributed by atoms with E-state index in [-0.39, 0.29) is 11.7 Å². The molecule has 0 spiro atoms. The summed E-state index contributed by atoms with van der Waals surface area (Å²) < 4.78 is 24.5. The zero-order valence-corrected chi connectivity index (χ0v) is 6.79. The number of aryl methyl sites for hydroxylation is 1. The van der Waals surface area contributed by atoms with Gasteiger partial charge in [-0.3, -0.25) is 9.35 Å². The number of carbonyl (C=O) groups excluding carboxylic acids is 1. The molecule has 0 bridgehead atoms. The van der Waals surface area contributed by atoms with E-state index in [1.807, 2.05) is 0 Å². The molecule has 0 saturated heterocycles. The second-order valence-corrected chi connectivity index (χ2v) is 2.52. The highest BCUT2D eigenvalue weighted by molar-refractivity contribution is 7.77. The smallest absolute Gasteiger partial charge is 0.306 e. The van der Waals surface area contributed by atoms with Gasteiger partial charge in [0.05, 0.1) is 0 Å². The second kappa shape index (κ2) is 3.41. The molecule has 7 nitrogen and oxygen atoms in total. The van der Waals surface area contributed by atoms with Crippen molar-refractivity contribution in [1.29, 1.82) is 0 Å². The van der Waals surface area contributed by atoms with Crippen LogP contribution in [0, 0.1) is 6.92 Å². The number of rotatable bonds is 2. The van der Waals surface area contributed by atoms with Crippen LogP contribution in [-0.2, 0) is 11.3 Å². The lowest BCUT2D eigenvalue weighted by Crippen LogP contribution is -2.25. The van der Waals surface area contributed by atoms with Crippen molar-refractivity contribution in [3.63, 3.8) is 0 Å². The van der Waals surface area contributed by atoms with Gasteiger partial charge in [0.25, 0.3) is 17.1 Å². The van der Waals surface area contributed by atoms with E-state index in [0.29, 0.717) is 0 Å². The van der Waals surface area contributed by atoms with E-state index in [2.05, 4.69) is 14.7 Å². The summed E-state index contributed by atoms with van der Waals surface area (Å²) in [6, 6.07) is 0. The number of nitrogens with one attached hydrogen (secondary N) is 1. The van der Waals surface area contributed by atoms with Gasteiger partial charge >= 0.3 is 5.91 Å². The number of hydrogen-bond donors (Lipinski definition) is 2. The summed E-state index contributed by atoms with van der Waals surface area (Å²) in [6.45, 7) is 1.50. The van der Waals surface area contributed by atoms with Gasteiger partial charge in [-0.2, -0.15) is 4.98 Å². The Morgan fingerprint density at radius 1 is 1.75 bits per heavy atom. The van der Waals surface area contributed by atoms with E-state index in [4.69, 9.17) is 4.55 Å². The molecule has 1 heterocycles. The van der Waals surface area contributed by atoms with Crippen molar-refractivity contribution >= 4 is 17.2 Å². The van der Waals surface area contributed by atoms with Gasteiger partial charge in [0.15, 0.2) is 0 Å². The summed E-state index contributed by atoms with van der Waals surface area (Å²) in [6.07, 6.45) is 0. The van der Waals surface area contributed by atoms with Crippen molar-refractivity contribution in [2.24, 2.45) is 0 Å². The second-order valence-electron chi connectivity index (χ2n) is 1.82. The minimum atomic E-state index is -2.41. The molecule has 0 saturated carbocycles. The Kier molecular flexibility index (Phi) is 2.51. The van der Waals surface area contributed by atoms with Crippen LogP contribution in [0.2, 0.25) is 0 Å². The first-order valence-electron chi connectivity index (χ1n) is 2.82. The predicted octanol–water partition coefficient (Wildman–Crippen LogP) is -0.755. The van der Waals surface area contributed by atoms with Crippen LogP contribution in [0.5, 0.6) is 0 Å². The fourth-order valence-corrected chi connectivity index (χ4v) is 0.766. The van der Waals surface area contributed by atoms with Gasteiger partial charge in [-0.05, 0) is 0 Å². The quantitative estimate of drug-likeness (QED) is 0.595. The van der Waals surface area contributed by atoms with Gasteiger partial charge in [-0.1, -0.05) is 5.16 Å². The Bertz CT molecular complexity index is 322. The minimum absolute atomic E-state index is 0.212. The van der Waals surface area contributed by atoms with Crippen LogP contribution in [0.3, 0.4) is 0 Å². The van der Waals surface area contributed by atoms with Crippen molar-refractivity contribution in [3.8, 4) is 0 Å². The average Bonchev–Trinajstić information content (AvgIpc) is 2.34. The molecule has 1 rings (SSSR count). The molecule has 0 aliphatic rings. The standard InChI is InChI=1S/C4H5N3O4S/c1-2-5-3(6-11-2)4(8)7-12(9)10/h1H3,(H,7,8)(H,9,10). The van der Waals surface area contributed by atoms with E-state index >= 15 is 0 Å². The van der Waals surface area contributed by atoms with Gasteiger partial charge < -0.3 is 4.52 Å². The van der Waals surface area contributed by atoms with Gasteiger partial charge in [0.1, 0.15) is 0 Å². The first-order valence-corrected chi connectivity index (χ1v) is 3.92. The number of amides is 1. The highest BCUT2D eigenvalue weighted by Crippen LogP contribution is 1.93. The van der Waals surface area contributed by atoms with Crippen molar-refractivity contribution in [2.75, 3.05) is 0 Å². The molecule has 12 heavy (non-hydrogen) atoms. The SMILES string of the molecule is Cc1nc(C(=O)NS(=O)O)no1. The molecule has 8 heteroatoms. The Morgan fingerprint density at radius 3 is 2.83 bits per heavy atom. The van der Waals surface area contributed by atoms with Gasteiger partial charge in [0.2, 0.25) is 5.89 Å². The van der Waals surface area contributed by atoms with Crippen LogP contribution in [-0.4, -0.2) is 24.8 Å². The molecule has 1 atom stereocenters. The maximum atomic E-state index is 10.8. The van der Waals surface area contributed by atoms with E-state index in [1.54, 1.807) is 4.72 Å². The zero-order chi connectivity index (χ0) is 9.14. The molecule has 2 N–H and O–H groups in total. The Labute approximate surface area is 69.6 Å². The summed E-state index contributed by atoms with van der Waals surface area (Å²) in [7, 11) is 0. The van der Waals surface area contributed by atoms with Crippen LogP contribution in [0.25, 0.3) is 0 Å². The largest absolute Gasteiger partial charge is 0.339 e. The Balaban J connectivity index is 2.72. The monoisotopic (exact) mass is 191 g/mol. The van der Waals surface area contributed by atoms with Crippen LogP contribution in [0.4, 0.5) is 0 Å². The summed E-state index contributed by atoms with van der Waals surface area (Å²) in [5, 5.41) is 3.23. The van der Waals surface area contributed by atoms with Crippen molar-refractivity contribution in [2.45, 2.75) is 6.92 Å². The number of nitrogens with zero attached hydrogens (tertiary/aromatic N) is 2. The van der Waals surface area contributed by atoms with Crippen molar-refractivity contribution in [1.82, 2.24) is 14.9 Å². The molecule has 1 aromatic rings. The summed E-state index contributed by atoms with van der Waals surface area (Å²) in [4.78, 5) is 14.3. The lowest BCUT2D eigenvalue weighted by Gasteiger charge is -1.91. The molecule has 0 aliphatic carbocycles. The lowest BCUT2D eigenvalue weighted by atomic mass is 10.6. The summed E-state index contributed by atoms with van der Waals surface area (Å²) >= 11 is -2.41. The molecule has 0 aromatic carbocycles. The molecule has 66 valence electrons. The van der Waals surface area contributed by atoms with Crippen LogP contribution in [0.1, 0.15) is 16.5 Å². The average molecular weight is 191 g/mol. The third-order valence-corrected chi connectivity index (χ3v) is 1.27. The van der Waals surface area contributed by atoms with E-state index in [9.17, 15) is 9.00 Å².